The molecule has 0 amide bonds. The summed E-state index contributed by atoms with van der Waals surface area (Å²) in [7, 11) is 0. The van der Waals surface area contributed by atoms with Gasteiger partial charge in [0.2, 0.25) is 0 Å². The second-order valence-electron chi connectivity index (χ2n) is 3.11. The van der Waals surface area contributed by atoms with E-state index in [2.05, 4.69) is 17.9 Å². The molecule has 0 radical (unpaired) electrons. The van der Waals surface area contributed by atoms with Crippen LogP contribution in [0.4, 0.5) is 0 Å². The third-order valence-corrected chi connectivity index (χ3v) is 2.22. The molecule has 12 heavy (non-hydrogen) atoms. The van der Waals surface area contributed by atoms with E-state index in [4.69, 9.17) is 10.00 Å². The molecule has 1 unspecified atom stereocenters. The van der Waals surface area contributed by atoms with Crippen LogP contribution < -0.4 is 0 Å². The van der Waals surface area contributed by atoms with Gasteiger partial charge >= 0.3 is 0 Å². The predicted molar refractivity (Wildman–Crippen MR) is 46.7 cm³/mol. The average molecular weight is 168 g/mol. The van der Waals surface area contributed by atoms with Gasteiger partial charge in [-0.3, -0.25) is 4.90 Å². The maximum Gasteiger partial charge on any atom is 0.0700 e. The Morgan fingerprint density at radius 3 is 3.17 bits per heavy atom. The Kier molecular flexibility index (Phi) is 4.06. The number of nitriles is 1. The Balaban J connectivity index is 2.22. The Labute approximate surface area is 73.9 Å². The third kappa shape index (κ3) is 2.80. The first-order valence-electron chi connectivity index (χ1n) is 4.57. The molecule has 1 aliphatic rings. The first-order chi connectivity index (χ1) is 5.86. The highest BCUT2D eigenvalue weighted by Crippen LogP contribution is 2.07. The van der Waals surface area contributed by atoms with Crippen LogP contribution in [0, 0.1) is 11.3 Å². The van der Waals surface area contributed by atoms with Gasteiger partial charge in [-0.15, -0.1) is 0 Å². The van der Waals surface area contributed by atoms with Gasteiger partial charge in [0.1, 0.15) is 0 Å². The van der Waals surface area contributed by atoms with Crippen molar-refractivity contribution in [2.45, 2.75) is 25.9 Å². The van der Waals surface area contributed by atoms with Crippen molar-refractivity contribution < 1.29 is 4.74 Å². The minimum absolute atomic E-state index is 0.387. The number of hydrogen-bond donors (Lipinski definition) is 0. The molecule has 1 aliphatic heterocycles. The summed E-state index contributed by atoms with van der Waals surface area (Å²) in [4.78, 5) is 2.31. The average Bonchev–Trinajstić information content (AvgIpc) is 2.15. The third-order valence-electron chi connectivity index (χ3n) is 2.22. The smallest absolute Gasteiger partial charge is 0.0700 e. The Morgan fingerprint density at radius 2 is 2.50 bits per heavy atom. The molecule has 3 nitrogen and oxygen atoms in total. The van der Waals surface area contributed by atoms with Crippen LogP contribution in [0.2, 0.25) is 0 Å². The van der Waals surface area contributed by atoms with Crippen molar-refractivity contribution in [2.24, 2.45) is 0 Å². The molecular formula is C9H16N2O. The molecule has 1 atom stereocenters. The number of rotatable bonds is 3. The molecule has 1 rings (SSSR count). The largest absolute Gasteiger partial charge is 0.376 e. The second kappa shape index (κ2) is 5.13. The van der Waals surface area contributed by atoms with Crippen LogP contribution in [0.3, 0.4) is 0 Å². The summed E-state index contributed by atoms with van der Waals surface area (Å²) in [5.74, 6) is 0. The number of ether oxygens (including phenoxy) is 1. The van der Waals surface area contributed by atoms with Crippen LogP contribution in [0.15, 0.2) is 0 Å². The van der Waals surface area contributed by atoms with Crippen LogP contribution in [-0.2, 0) is 4.74 Å². The van der Waals surface area contributed by atoms with Crippen molar-refractivity contribution >= 4 is 0 Å². The lowest BCUT2D eigenvalue weighted by Crippen LogP contribution is -2.42. The van der Waals surface area contributed by atoms with Crippen LogP contribution in [-0.4, -0.2) is 37.2 Å². The maximum atomic E-state index is 8.41. The van der Waals surface area contributed by atoms with Crippen LogP contribution >= 0.6 is 0 Å². The van der Waals surface area contributed by atoms with E-state index in [0.29, 0.717) is 12.5 Å². The summed E-state index contributed by atoms with van der Waals surface area (Å²) >= 11 is 0. The molecule has 0 spiro atoms. The first-order valence-corrected chi connectivity index (χ1v) is 4.57. The predicted octanol–water partition coefficient (Wildman–Crippen LogP) is 1.01. The Bertz CT molecular complexity index is 164. The first kappa shape index (κ1) is 9.50. The van der Waals surface area contributed by atoms with E-state index in [1.807, 2.05) is 0 Å². The molecule has 0 saturated carbocycles. The number of hydrogen-bond acceptors (Lipinski definition) is 3. The Hall–Kier alpha value is -0.590. The fourth-order valence-electron chi connectivity index (χ4n) is 1.44. The van der Waals surface area contributed by atoms with Gasteiger partial charge in [0.05, 0.1) is 18.8 Å². The standard InChI is InChI=1S/C9H16N2O/c1-2-9-8-11(5-3-4-10)6-7-12-9/h9H,2-3,5-8H2,1H3. The highest BCUT2D eigenvalue weighted by Gasteiger charge is 2.17. The molecule has 0 aromatic carbocycles. The summed E-state index contributed by atoms with van der Waals surface area (Å²) in [6.45, 7) is 5.84. The summed E-state index contributed by atoms with van der Waals surface area (Å²) in [5, 5.41) is 8.41. The van der Waals surface area contributed by atoms with Gasteiger partial charge in [-0.05, 0) is 6.42 Å². The molecule has 1 fully saturated rings. The van der Waals surface area contributed by atoms with Crippen LogP contribution in [0.25, 0.3) is 0 Å². The van der Waals surface area contributed by atoms with E-state index in [1.54, 1.807) is 0 Å². The molecule has 0 bridgehead atoms. The normalized spacial score (nSPS) is 25.2. The highest BCUT2D eigenvalue weighted by molar-refractivity contribution is 4.76. The van der Waals surface area contributed by atoms with Gasteiger partial charge in [0.15, 0.2) is 0 Å². The quantitative estimate of drug-likeness (QED) is 0.631. The minimum Gasteiger partial charge on any atom is -0.376 e. The fourth-order valence-corrected chi connectivity index (χ4v) is 1.44. The lowest BCUT2D eigenvalue weighted by atomic mass is 10.2. The molecule has 0 N–H and O–H groups in total. The van der Waals surface area contributed by atoms with Gasteiger partial charge in [-0.2, -0.15) is 5.26 Å². The molecule has 68 valence electrons. The lowest BCUT2D eigenvalue weighted by molar-refractivity contribution is -0.0288. The number of morpholine rings is 1. The second-order valence-corrected chi connectivity index (χ2v) is 3.11. The molecule has 0 aliphatic carbocycles. The zero-order valence-electron chi connectivity index (χ0n) is 7.62. The van der Waals surface area contributed by atoms with E-state index >= 15 is 0 Å². The fraction of sp³-hybridized carbons (Fsp3) is 0.889. The Morgan fingerprint density at radius 1 is 1.67 bits per heavy atom. The van der Waals surface area contributed by atoms with E-state index < -0.39 is 0 Å². The topological polar surface area (TPSA) is 36.3 Å². The van der Waals surface area contributed by atoms with E-state index in [1.165, 1.54) is 0 Å². The van der Waals surface area contributed by atoms with Gasteiger partial charge < -0.3 is 4.74 Å². The maximum absolute atomic E-state index is 8.41. The van der Waals surface area contributed by atoms with Crippen LogP contribution in [0.1, 0.15) is 19.8 Å². The van der Waals surface area contributed by atoms with Crippen molar-refractivity contribution in [1.82, 2.24) is 4.90 Å². The lowest BCUT2D eigenvalue weighted by Gasteiger charge is -2.31. The zero-order valence-corrected chi connectivity index (χ0v) is 7.62. The monoisotopic (exact) mass is 168 g/mol. The van der Waals surface area contributed by atoms with Gasteiger partial charge in [-0.25, -0.2) is 0 Å². The van der Waals surface area contributed by atoms with Crippen molar-refractivity contribution in [3.8, 4) is 6.07 Å². The molecular weight excluding hydrogens is 152 g/mol. The van der Waals surface area contributed by atoms with Gasteiger partial charge in [-0.1, -0.05) is 6.92 Å². The van der Waals surface area contributed by atoms with E-state index in [9.17, 15) is 0 Å². The van der Waals surface area contributed by atoms with E-state index in [-0.39, 0.29) is 0 Å². The summed E-state index contributed by atoms with van der Waals surface area (Å²) in [6.07, 6.45) is 2.09. The van der Waals surface area contributed by atoms with Crippen molar-refractivity contribution in [2.75, 3.05) is 26.2 Å². The highest BCUT2D eigenvalue weighted by atomic mass is 16.5. The molecule has 3 heteroatoms. The summed E-state index contributed by atoms with van der Waals surface area (Å²) in [6, 6.07) is 2.17. The molecule has 1 heterocycles. The van der Waals surface area contributed by atoms with Crippen molar-refractivity contribution in [3.05, 3.63) is 0 Å². The zero-order chi connectivity index (χ0) is 8.81. The summed E-state index contributed by atoms with van der Waals surface area (Å²) in [5.41, 5.74) is 0. The molecule has 0 aromatic rings. The van der Waals surface area contributed by atoms with Gasteiger partial charge in [0.25, 0.3) is 0 Å². The molecule has 0 aromatic heterocycles. The molecule has 1 saturated heterocycles. The van der Waals surface area contributed by atoms with E-state index in [0.717, 1.165) is 32.7 Å². The van der Waals surface area contributed by atoms with Gasteiger partial charge in [0, 0.05) is 26.1 Å². The van der Waals surface area contributed by atoms with Crippen LogP contribution in [0.5, 0.6) is 0 Å². The minimum atomic E-state index is 0.387. The number of nitrogens with zero attached hydrogens (tertiary/aromatic N) is 2. The van der Waals surface area contributed by atoms with Crippen molar-refractivity contribution in [1.29, 1.82) is 5.26 Å². The SMILES string of the molecule is CCC1CN(CCC#N)CCO1. The van der Waals surface area contributed by atoms with Crippen molar-refractivity contribution in [3.63, 3.8) is 0 Å². The summed E-state index contributed by atoms with van der Waals surface area (Å²) < 4.78 is 5.51.